The second-order valence-corrected chi connectivity index (χ2v) is 9.34. The lowest BCUT2D eigenvalue weighted by molar-refractivity contribution is -0.116. The van der Waals surface area contributed by atoms with E-state index in [1.54, 1.807) is 24.3 Å². The number of hydrogen-bond donors (Lipinski definition) is 2. The SMILES string of the molecule is N#CC1=C(SCC(=O)Nc2ccc(Cl)cc2)NC2=C(C(=O)CCC2)C1c1cccs1. The summed E-state index contributed by atoms with van der Waals surface area (Å²) < 4.78 is 0. The third kappa shape index (κ3) is 4.31. The first-order valence-corrected chi connectivity index (χ1v) is 11.7. The molecule has 4 rings (SSSR count). The van der Waals surface area contributed by atoms with Crippen LogP contribution < -0.4 is 10.6 Å². The Morgan fingerprint density at radius 2 is 2.10 bits per heavy atom. The molecule has 0 radical (unpaired) electrons. The predicted molar refractivity (Wildman–Crippen MR) is 121 cm³/mol. The number of thioether (sulfide) groups is 1. The number of Topliss-reactive ketones (excluding diaryl/α,β-unsaturated/α-hetero) is 1. The van der Waals surface area contributed by atoms with Gasteiger partial charge in [0.05, 0.1) is 28.3 Å². The minimum absolute atomic E-state index is 0.0967. The first kappa shape index (κ1) is 20.7. The highest BCUT2D eigenvalue weighted by Gasteiger charge is 2.37. The van der Waals surface area contributed by atoms with Crippen molar-refractivity contribution in [1.29, 1.82) is 5.26 Å². The maximum atomic E-state index is 12.7. The number of dihydropyridines is 1. The molecule has 1 aliphatic heterocycles. The summed E-state index contributed by atoms with van der Waals surface area (Å²) in [4.78, 5) is 26.1. The molecule has 1 aliphatic carbocycles. The van der Waals surface area contributed by atoms with Crippen molar-refractivity contribution >= 4 is 52.1 Å². The van der Waals surface area contributed by atoms with Gasteiger partial charge in [0.2, 0.25) is 5.91 Å². The van der Waals surface area contributed by atoms with Gasteiger partial charge in [-0.15, -0.1) is 11.3 Å². The lowest BCUT2D eigenvalue weighted by Crippen LogP contribution is -2.31. The highest BCUT2D eigenvalue weighted by molar-refractivity contribution is 8.03. The Labute approximate surface area is 187 Å². The second-order valence-electron chi connectivity index (χ2n) is 6.94. The molecule has 2 aliphatic rings. The molecule has 0 fully saturated rings. The van der Waals surface area contributed by atoms with Gasteiger partial charge >= 0.3 is 0 Å². The number of benzene rings is 1. The molecule has 152 valence electrons. The lowest BCUT2D eigenvalue weighted by atomic mass is 9.79. The maximum absolute atomic E-state index is 12.7. The number of nitrogens with zero attached hydrogens (tertiary/aromatic N) is 1. The van der Waals surface area contributed by atoms with Gasteiger partial charge in [-0.3, -0.25) is 9.59 Å². The number of carbonyl (C=O) groups is 2. The Kier molecular flexibility index (Phi) is 6.28. The van der Waals surface area contributed by atoms with Gasteiger partial charge in [0.1, 0.15) is 0 Å². The van der Waals surface area contributed by atoms with E-state index in [4.69, 9.17) is 11.6 Å². The normalized spacial score (nSPS) is 18.5. The first-order valence-electron chi connectivity index (χ1n) is 9.46. The summed E-state index contributed by atoms with van der Waals surface area (Å²) in [6.45, 7) is 0. The van der Waals surface area contributed by atoms with Crippen molar-refractivity contribution < 1.29 is 9.59 Å². The van der Waals surface area contributed by atoms with E-state index in [1.807, 2.05) is 17.5 Å². The molecule has 8 heteroatoms. The van der Waals surface area contributed by atoms with Crippen LogP contribution in [0.2, 0.25) is 5.02 Å². The second kappa shape index (κ2) is 9.09. The van der Waals surface area contributed by atoms with Crippen molar-refractivity contribution in [2.75, 3.05) is 11.1 Å². The van der Waals surface area contributed by atoms with E-state index in [0.717, 1.165) is 23.4 Å². The Hall–Kier alpha value is -2.53. The average Bonchev–Trinajstić information content (AvgIpc) is 3.27. The molecule has 30 heavy (non-hydrogen) atoms. The number of nitrogens with one attached hydrogen (secondary N) is 2. The van der Waals surface area contributed by atoms with Gasteiger partial charge in [0.25, 0.3) is 0 Å². The van der Waals surface area contributed by atoms with Gasteiger partial charge in [0.15, 0.2) is 5.78 Å². The highest BCUT2D eigenvalue weighted by atomic mass is 35.5. The molecule has 0 saturated carbocycles. The summed E-state index contributed by atoms with van der Waals surface area (Å²) in [5, 5.41) is 19.2. The van der Waals surface area contributed by atoms with E-state index in [1.165, 1.54) is 23.1 Å². The van der Waals surface area contributed by atoms with Crippen molar-refractivity contribution in [3.05, 3.63) is 73.6 Å². The molecule has 0 bridgehead atoms. The number of amides is 1. The van der Waals surface area contributed by atoms with E-state index < -0.39 is 0 Å². The Bertz CT molecular complexity index is 1080. The Morgan fingerprint density at radius 3 is 2.80 bits per heavy atom. The standard InChI is InChI=1S/C22H18ClN3O2S2/c23-13-6-8-14(9-7-13)25-19(28)12-30-22-15(11-24)20(18-5-2-10-29-18)21-16(26-22)3-1-4-17(21)27/h2,5-10,20,26H,1,3-4,12H2,(H,25,28). The minimum Gasteiger partial charge on any atom is -0.352 e. The number of hydrogen-bond acceptors (Lipinski definition) is 6. The van der Waals surface area contributed by atoms with Crippen LogP contribution in [0.25, 0.3) is 0 Å². The van der Waals surface area contributed by atoms with Gasteiger partial charge < -0.3 is 10.6 Å². The number of anilines is 1. The third-order valence-electron chi connectivity index (χ3n) is 4.97. The zero-order chi connectivity index (χ0) is 21.1. The molecule has 2 aromatic rings. The zero-order valence-corrected chi connectivity index (χ0v) is 18.3. The fourth-order valence-corrected chi connectivity index (χ4v) is 5.48. The number of allylic oxidation sites excluding steroid dienone is 3. The minimum atomic E-state index is -0.360. The van der Waals surface area contributed by atoms with E-state index in [0.29, 0.717) is 33.3 Å². The van der Waals surface area contributed by atoms with Crippen molar-refractivity contribution in [2.45, 2.75) is 25.2 Å². The van der Waals surface area contributed by atoms with Crippen molar-refractivity contribution in [3.63, 3.8) is 0 Å². The molecule has 1 aromatic carbocycles. The molecule has 1 amide bonds. The number of carbonyl (C=O) groups excluding carboxylic acids is 2. The van der Waals surface area contributed by atoms with Gasteiger partial charge in [-0.25, -0.2) is 0 Å². The van der Waals surface area contributed by atoms with Crippen LogP contribution in [0.4, 0.5) is 5.69 Å². The molecular formula is C22H18ClN3O2S2. The maximum Gasteiger partial charge on any atom is 0.234 e. The highest BCUT2D eigenvalue weighted by Crippen LogP contribution is 2.45. The van der Waals surface area contributed by atoms with Crippen LogP contribution in [-0.2, 0) is 9.59 Å². The van der Waals surface area contributed by atoms with Crippen LogP contribution in [0.5, 0.6) is 0 Å². The molecule has 2 heterocycles. The topological polar surface area (TPSA) is 82.0 Å². The largest absolute Gasteiger partial charge is 0.352 e. The molecule has 2 N–H and O–H groups in total. The first-order chi connectivity index (χ1) is 14.6. The van der Waals surface area contributed by atoms with Crippen LogP contribution in [0.3, 0.4) is 0 Å². The van der Waals surface area contributed by atoms with Crippen LogP contribution >= 0.6 is 34.7 Å². The summed E-state index contributed by atoms with van der Waals surface area (Å²) >= 11 is 8.70. The van der Waals surface area contributed by atoms with E-state index in [9.17, 15) is 14.9 Å². The summed E-state index contributed by atoms with van der Waals surface area (Å²) in [5.74, 6) is -0.300. The molecule has 1 aromatic heterocycles. The lowest BCUT2D eigenvalue weighted by Gasteiger charge is -2.32. The molecule has 0 spiro atoms. The quantitative estimate of drug-likeness (QED) is 0.647. The van der Waals surface area contributed by atoms with Crippen molar-refractivity contribution in [2.24, 2.45) is 0 Å². The summed E-state index contributed by atoms with van der Waals surface area (Å²) in [5.41, 5.74) is 2.74. The monoisotopic (exact) mass is 455 g/mol. The van der Waals surface area contributed by atoms with Crippen LogP contribution in [0.1, 0.15) is 30.1 Å². The fourth-order valence-electron chi connectivity index (χ4n) is 3.65. The molecular weight excluding hydrogens is 438 g/mol. The zero-order valence-electron chi connectivity index (χ0n) is 15.9. The Balaban J connectivity index is 1.56. The number of nitriles is 1. The number of thiophene rings is 1. The van der Waals surface area contributed by atoms with Gasteiger partial charge in [-0.05, 0) is 48.6 Å². The summed E-state index contributed by atoms with van der Waals surface area (Å²) in [7, 11) is 0. The number of halogens is 1. The van der Waals surface area contributed by atoms with Crippen molar-refractivity contribution in [3.8, 4) is 6.07 Å². The van der Waals surface area contributed by atoms with Gasteiger partial charge in [-0.2, -0.15) is 5.26 Å². The average molecular weight is 456 g/mol. The van der Waals surface area contributed by atoms with Crippen LogP contribution in [0, 0.1) is 11.3 Å². The van der Waals surface area contributed by atoms with Crippen LogP contribution in [0.15, 0.2) is 63.7 Å². The van der Waals surface area contributed by atoms with E-state index in [-0.39, 0.29) is 23.4 Å². The molecule has 1 atom stereocenters. The summed E-state index contributed by atoms with van der Waals surface area (Å²) in [6.07, 6.45) is 2.06. The third-order valence-corrected chi connectivity index (χ3v) is 7.17. The van der Waals surface area contributed by atoms with E-state index in [2.05, 4.69) is 16.7 Å². The molecule has 5 nitrogen and oxygen atoms in total. The predicted octanol–water partition coefficient (Wildman–Crippen LogP) is 5.20. The number of ketones is 1. The van der Waals surface area contributed by atoms with Crippen molar-refractivity contribution in [1.82, 2.24) is 5.32 Å². The fraction of sp³-hybridized carbons (Fsp3) is 0.227. The molecule has 1 unspecified atom stereocenters. The van der Waals surface area contributed by atoms with Crippen LogP contribution in [-0.4, -0.2) is 17.4 Å². The molecule has 0 saturated heterocycles. The van der Waals surface area contributed by atoms with E-state index >= 15 is 0 Å². The number of rotatable bonds is 5. The van der Waals surface area contributed by atoms with Gasteiger partial charge in [-0.1, -0.05) is 29.4 Å². The summed E-state index contributed by atoms with van der Waals surface area (Å²) in [6, 6.07) is 13.1. The van der Waals surface area contributed by atoms with Gasteiger partial charge in [0, 0.05) is 33.3 Å². The Morgan fingerprint density at radius 1 is 1.30 bits per heavy atom. The smallest absolute Gasteiger partial charge is 0.234 e.